The van der Waals surface area contributed by atoms with Crippen LogP contribution in [0.25, 0.3) is 0 Å². The van der Waals surface area contributed by atoms with E-state index in [1.807, 2.05) is 0 Å². The molecule has 2 amide bonds. The van der Waals surface area contributed by atoms with Crippen LogP contribution in [0.15, 0.2) is 35.2 Å². The Kier molecular flexibility index (Phi) is 5.54. The first kappa shape index (κ1) is 21.4. The topological polar surface area (TPSA) is 113 Å². The van der Waals surface area contributed by atoms with Gasteiger partial charge in [0.2, 0.25) is 21.8 Å². The number of hydrogen-bond acceptors (Lipinski definition) is 7. The van der Waals surface area contributed by atoms with Crippen molar-refractivity contribution < 1.29 is 27.5 Å². The molecule has 2 saturated heterocycles. The highest BCUT2D eigenvalue weighted by molar-refractivity contribution is 7.89. The highest BCUT2D eigenvalue weighted by Crippen LogP contribution is 2.43. The molecule has 1 aromatic rings. The average molecular weight is 423 g/mol. The van der Waals surface area contributed by atoms with Gasteiger partial charge in [-0.15, -0.1) is 0 Å². The molecular weight excluding hydrogens is 398 g/mol. The standard InChI is InChI=1S/C19H25N3O6S/c1-5-22(29(26,27)12-9-7-6-8-10-12)11-13-14-15(17(24)21(3)16(14)23)19(2,20-13)18(25)28-4/h6-10,13-15,20H,5,11H2,1-4H3/t13-,14+,15-,19-/m1/s1. The molecule has 2 heterocycles. The van der Waals surface area contributed by atoms with E-state index in [1.54, 1.807) is 25.1 Å². The number of nitrogens with one attached hydrogen (secondary N) is 1. The molecular formula is C19H25N3O6S. The molecule has 158 valence electrons. The molecule has 9 nitrogen and oxygen atoms in total. The molecule has 2 fully saturated rings. The minimum Gasteiger partial charge on any atom is -0.468 e. The van der Waals surface area contributed by atoms with Gasteiger partial charge < -0.3 is 4.74 Å². The van der Waals surface area contributed by atoms with Crippen molar-refractivity contribution in [3.05, 3.63) is 30.3 Å². The molecule has 0 radical (unpaired) electrons. The Labute approximate surface area is 170 Å². The number of methoxy groups -OCH3 is 1. The van der Waals surface area contributed by atoms with Crippen LogP contribution in [0.4, 0.5) is 0 Å². The molecule has 0 unspecified atom stereocenters. The number of fused-ring (bicyclic) bond motifs is 1. The summed E-state index contributed by atoms with van der Waals surface area (Å²) in [6, 6.07) is 7.27. The number of likely N-dealkylation sites (tertiary alicyclic amines) is 1. The minimum atomic E-state index is -3.81. The third kappa shape index (κ3) is 3.24. The number of hydrogen-bond donors (Lipinski definition) is 1. The predicted octanol–water partition coefficient (Wildman–Crippen LogP) is -0.168. The van der Waals surface area contributed by atoms with Crippen LogP contribution in [0.5, 0.6) is 0 Å². The van der Waals surface area contributed by atoms with E-state index < -0.39 is 51.2 Å². The Morgan fingerprint density at radius 3 is 2.41 bits per heavy atom. The van der Waals surface area contributed by atoms with Gasteiger partial charge in [-0.05, 0) is 19.1 Å². The average Bonchev–Trinajstić information content (AvgIpc) is 3.14. The van der Waals surface area contributed by atoms with E-state index in [2.05, 4.69) is 5.32 Å². The molecule has 2 aliphatic heterocycles. The first-order valence-corrected chi connectivity index (χ1v) is 10.8. The van der Waals surface area contributed by atoms with E-state index >= 15 is 0 Å². The molecule has 10 heteroatoms. The molecule has 0 aromatic heterocycles. The van der Waals surface area contributed by atoms with E-state index in [0.29, 0.717) is 0 Å². The maximum atomic E-state index is 13.0. The molecule has 4 atom stereocenters. The molecule has 2 aliphatic rings. The lowest BCUT2D eigenvalue weighted by molar-refractivity contribution is -0.152. The summed E-state index contributed by atoms with van der Waals surface area (Å²) in [6.07, 6.45) is 0. The van der Waals surface area contributed by atoms with Crippen LogP contribution in [0.2, 0.25) is 0 Å². The fourth-order valence-electron chi connectivity index (χ4n) is 4.33. The number of likely N-dealkylation sites (N-methyl/N-ethyl adjacent to an activating group) is 1. The van der Waals surface area contributed by atoms with E-state index in [9.17, 15) is 22.8 Å². The minimum absolute atomic E-state index is 0.0612. The summed E-state index contributed by atoms with van der Waals surface area (Å²) < 4.78 is 32.2. The molecule has 0 saturated carbocycles. The molecule has 0 bridgehead atoms. The van der Waals surface area contributed by atoms with Gasteiger partial charge in [0.25, 0.3) is 0 Å². The number of benzene rings is 1. The normalized spacial score (nSPS) is 29.4. The van der Waals surface area contributed by atoms with Crippen molar-refractivity contribution in [2.24, 2.45) is 11.8 Å². The van der Waals surface area contributed by atoms with Gasteiger partial charge in [-0.1, -0.05) is 25.1 Å². The zero-order chi connectivity index (χ0) is 21.6. The van der Waals surface area contributed by atoms with Crippen molar-refractivity contribution in [3.63, 3.8) is 0 Å². The van der Waals surface area contributed by atoms with Gasteiger partial charge in [0.05, 0.1) is 23.8 Å². The second-order valence-corrected chi connectivity index (χ2v) is 9.39. The fourth-order valence-corrected chi connectivity index (χ4v) is 5.82. The second-order valence-electron chi connectivity index (χ2n) is 7.45. The van der Waals surface area contributed by atoms with Gasteiger partial charge in [-0.3, -0.25) is 24.6 Å². The summed E-state index contributed by atoms with van der Waals surface area (Å²) in [4.78, 5) is 39.0. The maximum absolute atomic E-state index is 13.0. The molecule has 1 aromatic carbocycles. The van der Waals surface area contributed by atoms with E-state index in [1.165, 1.54) is 37.5 Å². The number of rotatable bonds is 6. The molecule has 1 N–H and O–H groups in total. The van der Waals surface area contributed by atoms with Crippen molar-refractivity contribution in [1.82, 2.24) is 14.5 Å². The second kappa shape index (κ2) is 7.51. The van der Waals surface area contributed by atoms with Gasteiger partial charge in [0.15, 0.2) is 0 Å². The monoisotopic (exact) mass is 423 g/mol. The quantitative estimate of drug-likeness (QED) is 0.499. The molecule has 29 heavy (non-hydrogen) atoms. The van der Waals surface area contributed by atoms with E-state index in [4.69, 9.17) is 4.74 Å². The van der Waals surface area contributed by atoms with Crippen molar-refractivity contribution in [1.29, 1.82) is 0 Å². The van der Waals surface area contributed by atoms with Crippen LogP contribution in [0.1, 0.15) is 13.8 Å². The largest absolute Gasteiger partial charge is 0.468 e. The highest BCUT2D eigenvalue weighted by Gasteiger charge is 2.66. The van der Waals surface area contributed by atoms with Gasteiger partial charge in [-0.2, -0.15) is 4.31 Å². The summed E-state index contributed by atoms with van der Waals surface area (Å²) >= 11 is 0. The van der Waals surface area contributed by atoms with Crippen LogP contribution >= 0.6 is 0 Å². The lowest BCUT2D eigenvalue weighted by Crippen LogP contribution is -2.56. The van der Waals surface area contributed by atoms with Gasteiger partial charge in [-0.25, -0.2) is 8.42 Å². The van der Waals surface area contributed by atoms with Crippen molar-refractivity contribution in [3.8, 4) is 0 Å². The van der Waals surface area contributed by atoms with Gasteiger partial charge >= 0.3 is 5.97 Å². The number of carbonyl (C=O) groups excluding carboxylic acids is 3. The number of amides is 2. The third-order valence-electron chi connectivity index (χ3n) is 5.86. The van der Waals surface area contributed by atoms with Crippen LogP contribution in [-0.2, 0) is 29.1 Å². The van der Waals surface area contributed by atoms with Crippen molar-refractivity contribution in [2.75, 3.05) is 27.2 Å². The van der Waals surface area contributed by atoms with E-state index in [-0.39, 0.29) is 18.0 Å². The number of nitrogens with zero attached hydrogens (tertiary/aromatic N) is 2. The van der Waals surface area contributed by atoms with Crippen molar-refractivity contribution >= 4 is 27.8 Å². The molecule has 0 spiro atoms. The fraction of sp³-hybridized carbons (Fsp3) is 0.526. The summed E-state index contributed by atoms with van der Waals surface area (Å²) in [5.74, 6) is -3.37. The SMILES string of the molecule is CCN(C[C@H]1N[C@@](C)(C(=O)OC)[C@H]2C(=O)N(C)C(=O)[C@@H]12)S(=O)(=O)c1ccccc1. The lowest BCUT2D eigenvalue weighted by atomic mass is 9.81. The first-order chi connectivity index (χ1) is 13.6. The smallest absolute Gasteiger partial charge is 0.326 e. The summed E-state index contributed by atoms with van der Waals surface area (Å²) in [7, 11) is -1.23. The molecule has 0 aliphatic carbocycles. The Bertz CT molecular complexity index is 935. The zero-order valence-corrected chi connectivity index (χ0v) is 17.6. The van der Waals surface area contributed by atoms with E-state index in [0.717, 1.165) is 4.90 Å². The Hall–Kier alpha value is -2.30. The third-order valence-corrected chi connectivity index (χ3v) is 7.81. The zero-order valence-electron chi connectivity index (χ0n) is 16.8. The summed E-state index contributed by atoms with van der Waals surface area (Å²) in [5, 5.41) is 3.04. The number of esters is 1. The van der Waals surface area contributed by atoms with Crippen LogP contribution in [-0.4, -0.2) is 74.2 Å². The lowest BCUT2D eigenvalue weighted by Gasteiger charge is -2.29. The summed E-state index contributed by atoms with van der Waals surface area (Å²) in [6.45, 7) is 3.32. The highest BCUT2D eigenvalue weighted by atomic mass is 32.2. The van der Waals surface area contributed by atoms with Crippen LogP contribution in [0, 0.1) is 11.8 Å². The van der Waals surface area contributed by atoms with Gasteiger partial charge in [0, 0.05) is 26.2 Å². The summed E-state index contributed by atoms with van der Waals surface area (Å²) in [5.41, 5.74) is -1.42. The number of ether oxygens (including phenoxy) is 1. The number of carbonyl (C=O) groups is 3. The Morgan fingerprint density at radius 2 is 1.86 bits per heavy atom. The number of imide groups is 1. The Morgan fingerprint density at radius 1 is 1.24 bits per heavy atom. The predicted molar refractivity (Wildman–Crippen MR) is 103 cm³/mol. The first-order valence-electron chi connectivity index (χ1n) is 9.32. The van der Waals surface area contributed by atoms with Crippen LogP contribution < -0.4 is 5.32 Å². The Balaban J connectivity index is 1.96. The maximum Gasteiger partial charge on any atom is 0.326 e. The molecule has 3 rings (SSSR count). The van der Waals surface area contributed by atoms with Crippen LogP contribution in [0.3, 0.4) is 0 Å². The van der Waals surface area contributed by atoms with Crippen molar-refractivity contribution in [2.45, 2.75) is 30.3 Å². The van der Waals surface area contributed by atoms with Gasteiger partial charge in [0.1, 0.15) is 5.54 Å². The number of sulfonamides is 1.